The maximum absolute atomic E-state index is 4.56. The van der Waals surface area contributed by atoms with Crippen molar-refractivity contribution in [1.29, 1.82) is 0 Å². The van der Waals surface area contributed by atoms with Crippen molar-refractivity contribution in [2.45, 2.75) is 92.4 Å². The Balaban J connectivity index is 2.82. The zero-order valence-corrected chi connectivity index (χ0v) is 17.6. The first-order chi connectivity index (χ1) is 12.1. The van der Waals surface area contributed by atoms with E-state index >= 15 is 0 Å². The molecule has 0 N–H and O–H groups in total. The highest BCUT2D eigenvalue weighted by molar-refractivity contribution is 5.27. The number of unbranched alkanes of at least 4 members (excludes halogenated alkanes) is 2. The molecule has 1 rings (SSSR count). The predicted molar refractivity (Wildman–Crippen MR) is 115 cm³/mol. The monoisotopic (exact) mass is 342 g/mol. The Bertz CT molecular complexity index is 474. The van der Waals surface area contributed by atoms with Gasteiger partial charge >= 0.3 is 0 Å². The average molecular weight is 343 g/mol. The highest BCUT2D eigenvalue weighted by atomic mass is 14.5. The van der Waals surface area contributed by atoms with E-state index in [1.807, 2.05) is 0 Å². The molecular formula is C25H42. The Labute approximate surface area is 158 Å². The van der Waals surface area contributed by atoms with Crippen LogP contribution in [0.4, 0.5) is 0 Å². The Morgan fingerprint density at radius 1 is 1.08 bits per heavy atom. The van der Waals surface area contributed by atoms with Gasteiger partial charge in [-0.05, 0) is 63.7 Å². The first-order valence-electron chi connectivity index (χ1n) is 10.7. The van der Waals surface area contributed by atoms with Crippen molar-refractivity contribution in [3.63, 3.8) is 0 Å². The highest BCUT2D eigenvalue weighted by Gasteiger charge is 2.41. The molecule has 1 aliphatic rings. The van der Waals surface area contributed by atoms with E-state index in [0.717, 1.165) is 24.7 Å². The highest BCUT2D eigenvalue weighted by Crippen LogP contribution is 2.51. The molecule has 3 atom stereocenters. The third-order valence-electron chi connectivity index (χ3n) is 5.66. The predicted octanol–water partition coefficient (Wildman–Crippen LogP) is 8.42. The van der Waals surface area contributed by atoms with Gasteiger partial charge in [0.2, 0.25) is 0 Å². The third kappa shape index (κ3) is 7.80. The Morgan fingerprint density at radius 3 is 2.28 bits per heavy atom. The normalized spacial score (nSPS) is 22.4. The van der Waals surface area contributed by atoms with Crippen LogP contribution in [0.2, 0.25) is 0 Å². The van der Waals surface area contributed by atoms with E-state index in [9.17, 15) is 0 Å². The van der Waals surface area contributed by atoms with Crippen molar-refractivity contribution in [2.75, 3.05) is 0 Å². The molecule has 1 saturated carbocycles. The van der Waals surface area contributed by atoms with Gasteiger partial charge in [-0.1, -0.05) is 88.1 Å². The van der Waals surface area contributed by atoms with Gasteiger partial charge in [-0.15, -0.1) is 0 Å². The molecule has 1 fully saturated rings. The maximum atomic E-state index is 4.56. The lowest BCUT2D eigenvalue weighted by atomic mass is 9.81. The molecule has 0 aliphatic heterocycles. The average Bonchev–Trinajstić information content (AvgIpc) is 3.31. The summed E-state index contributed by atoms with van der Waals surface area (Å²) in [5.41, 5.74) is 4.68. The van der Waals surface area contributed by atoms with Crippen molar-refractivity contribution >= 4 is 0 Å². The van der Waals surface area contributed by atoms with Crippen LogP contribution < -0.4 is 0 Å². The summed E-state index contributed by atoms with van der Waals surface area (Å²) in [5, 5.41) is 0. The summed E-state index contributed by atoms with van der Waals surface area (Å²) in [7, 11) is 0. The molecule has 25 heavy (non-hydrogen) atoms. The largest absolute Gasteiger partial charge is 0.0989 e. The second kappa shape index (κ2) is 12.3. The molecule has 1 aliphatic carbocycles. The van der Waals surface area contributed by atoms with Crippen LogP contribution in [0.15, 0.2) is 47.6 Å². The smallest absolute Gasteiger partial charge is 0.00384 e. The fraction of sp³-hybridized carbons (Fsp3) is 0.680. The Morgan fingerprint density at radius 2 is 1.76 bits per heavy atom. The summed E-state index contributed by atoms with van der Waals surface area (Å²) in [6, 6.07) is 0. The van der Waals surface area contributed by atoms with E-state index in [4.69, 9.17) is 0 Å². The summed E-state index contributed by atoms with van der Waals surface area (Å²) in [6.07, 6.45) is 20.5. The topological polar surface area (TPSA) is 0 Å². The lowest BCUT2D eigenvalue weighted by molar-refractivity contribution is 0.545. The first kappa shape index (κ1) is 22.0. The minimum absolute atomic E-state index is 0.621. The lowest BCUT2D eigenvalue weighted by Gasteiger charge is -2.24. The van der Waals surface area contributed by atoms with Crippen molar-refractivity contribution in [1.82, 2.24) is 0 Å². The van der Waals surface area contributed by atoms with E-state index in [1.54, 1.807) is 11.1 Å². The van der Waals surface area contributed by atoms with E-state index in [-0.39, 0.29) is 0 Å². The van der Waals surface area contributed by atoms with Gasteiger partial charge in [0, 0.05) is 5.92 Å². The third-order valence-corrected chi connectivity index (χ3v) is 5.66. The Kier molecular flexibility index (Phi) is 10.9. The second-order valence-corrected chi connectivity index (χ2v) is 7.86. The van der Waals surface area contributed by atoms with Crippen molar-refractivity contribution in [3.05, 3.63) is 47.6 Å². The van der Waals surface area contributed by atoms with Crippen LogP contribution >= 0.6 is 0 Å². The summed E-state index contributed by atoms with van der Waals surface area (Å²) in [5.74, 6) is 2.34. The maximum Gasteiger partial charge on any atom is 0.00384 e. The van der Waals surface area contributed by atoms with Gasteiger partial charge in [-0.3, -0.25) is 0 Å². The van der Waals surface area contributed by atoms with Gasteiger partial charge in [-0.2, -0.15) is 0 Å². The van der Waals surface area contributed by atoms with Crippen LogP contribution in [0.1, 0.15) is 92.4 Å². The standard InChI is InChI=1S/C25H42/c1-7-11-12-13-14-15-17-23(16-8-2)25(24-19-20(24)5)21(6)18-22(9-3)10-4/h9,12-13,17,20,24-25H,6-8,10-11,14-16,18-19H2,1-5H3. The number of allylic oxidation sites excluding steroid dienone is 7. The summed E-state index contributed by atoms with van der Waals surface area (Å²) in [6.45, 7) is 16.0. The number of hydrogen-bond acceptors (Lipinski definition) is 0. The first-order valence-corrected chi connectivity index (χ1v) is 10.7. The molecule has 0 heterocycles. The quantitative estimate of drug-likeness (QED) is 0.233. The Hall–Kier alpha value is -1.04. The fourth-order valence-corrected chi connectivity index (χ4v) is 3.93. The zero-order chi connectivity index (χ0) is 18.7. The van der Waals surface area contributed by atoms with Crippen molar-refractivity contribution in [2.24, 2.45) is 17.8 Å². The van der Waals surface area contributed by atoms with Crippen LogP contribution in [-0.2, 0) is 0 Å². The lowest BCUT2D eigenvalue weighted by Crippen LogP contribution is -2.12. The molecule has 0 aromatic heterocycles. The molecule has 3 unspecified atom stereocenters. The van der Waals surface area contributed by atoms with Crippen LogP contribution in [-0.4, -0.2) is 0 Å². The summed E-state index contributed by atoms with van der Waals surface area (Å²) in [4.78, 5) is 0. The van der Waals surface area contributed by atoms with Crippen LogP contribution in [0.5, 0.6) is 0 Å². The van der Waals surface area contributed by atoms with Crippen LogP contribution in [0.25, 0.3) is 0 Å². The molecule has 0 heteroatoms. The molecule has 0 aromatic rings. The van der Waals surface area contributed by atoms with Gasteiger partial charge < -0.3 is 0 Å². The summed E-state index contributed by atoms with van der Waals surface area (Å²) >= 11 is 0. The van der Waals surface area contributed by atoms with Gasteiger partial charge in [0.05, 0.1) is 0 Å². The molecule has 0 saturated heterocycles. The molecule has 142 valence electrons. The van der Waals surface area contributed by atoms with Crippen LogP contribution in [0, 0.1) is 17.8 Å². The van der Waals surface area contributed by atoms with Gasteiger partial charge in [0.25, 0.3) is 0 Å². The zero-order valence-electron chi connectivity index (χ0n) is 17.6. The SMILES string of the molecule is C=C(CC(=CC)CC)C(C(=CCCC=CCCC)CCC)C1CC1C. The minimum atomic E-state index is 0.621. The minimum Gasteiger partial charge on any atom is -0.0989 e. The number of rotatable bonds is 13. The molecular weight excluding hydrogens is 300 g/mol. The summed E-state index contributed by atoms with van der Waals surface area (Å²) < 4.78 is 0. The fourth-order valence-electron chi connectivity index (χ4n) is 3.93. The van der Waals surface area contributed by atoms with Crippen molar-refractivity contribution < 1.29 is 0 Å². The molecule has 0 amide bonds. The van der Waals surface area contributed by atoms with E-state index in [2.05, 4.69) is 65.5 Å². The molecule has 0 nitrogen and oxygen atoms in total. The van der Waals surface area contributed by atoms with E-state index < -0.39 is 0 Å². The van der Waals surface area contributed by atoms with Gasteiger partial charge in [0.1, 0.15) is 0 Å². The van der Waals surface area contributed by atoms with Crippen molar-refractivity contribution in [3.8, 4) is 0 Å². The van der Waals surface area contributed by atoms with Crippen LogP contribution in [0.3, 0.4) is 0 Å². The van der Waals surface area contributed by atoms with Gasteiger partial charge in [-0.25, -0.2) is 0 Å². The van der Waals surface area contributed by atoms with E-state index in [1.165, 1.54) is 50.5 Å². The molecule has 0 aromatic carbocycles. The van der Waals surface area contributed by atoms with E-state index in [0.29, 0.717) is 5.92 Å². The molecule has 0 spiro atoms. The second-order valence-electron chi connectivity index (χ2n) is 7.86. The number of hydrogen-bond donors (Lipinski definition) is 0. The van der Waals surface area contributed by atoms with Gasteiger partial charge in [0.15, 0.2) is 0 Å². The molecule has 0 bridgehead atoms. The molecule has 0 radical (unpaired) electrons.